The maximum absolute atomic E-state index is 13.0. The Hall–Kier alpha value is -1.99. The van der Waals surface area contributed by atoms with Crippen molar-refractivity contribution < 1.29 is 14.9 Å². The van der Waals surface area contributed by atoms with Crippen LogP contribution in [0.4, 0.5) is 0 Å². The average Bonchev–Trinajstić information content (AvgIpc) is 2.75. The largest absolute Gasteiger partial charge is 0.494 e. The second-order valence-electron chi connectivity index (χ2n) is 7.65. The van der Waals surface area contributed by atoms with E-state index in [2.05, 4.69) is 6.92 Å². The number of fused-ring (bicyclic) bond motifs is 2. The van der Waals surface area contributed by atoms with Crippen LogP contribution in [0.1, 0.15) is 38.2 Å². The predicted molar refractivity (Wildman–Crippen MR) is 120 cm³/mol. The van der Waals surface area contributed by atoms with Crippen molar-refractivity contribution in [2.75, 3.05) is 19.8 Å². The van der Waals surface area contributed by atoms with Crippen LogP contribution in [0.2, 0.25) is 0 Å². The molecule has 0 unspecified atom stereocenters. The fraction of sp³-hybridized carbons (Fsp3) is 0.435. The lowest BCUT2D eigenvalue weighted by Gasteiger charge is -2.24. The third-order valence-electron chi connectivity index (χ3n) is 5.26. The molecule has 4 N–H and O–H groups in total. The molecule has 0 amide bonds. The number of nitrogens with two attached hydrogens (primary N) is 1. The summed E-state index contributed by atoms with van der Waals surface area (Å²) in [5, 5.41) is 20.1. The molecule has 3 aromatic rings. The summed E-state index contributed by atoms with van der Waals surface area (Å²) >= 11 is 1.58. The molecule has 0 bridgehead atoms. The van der Waals surface area contributed by atoms with E-state index in [1.807, 2.05) is 36.4 Å². The van der Waals surface area contributed by atoms with E-state index >= 15 is 0 Å². The number of benzene rings is 2. The number of hydrogen-bond donors (Lipinski definition) is 3. The first-order chi connectivity index (χ1) is 14.0. The lowest BCUT2D eigenvalue weighted by molar-refractivity contribution is 0.115. The first kappa shape index (κ1) is 21.7. The van der Waals surface area contributed by atoms with Gasteiger partial charge in [-0.1, -0.05) is 25.8 Å². The average molecular weight is 416 g/mol. The number of hydrogen-bond acceptors (Lipinski definition) is 6. The summed E-state index contributed by atoms with van der Waals surface area (Å²) in [6.45, 7) is 2.30. The molecule has 0 aliphatic carbocycles. The van der Waals surface area contributed by atoms with E-state index in [-0.39, 0.29) is 18.6 Å². The number of ether oxygens (including phenoxy) is 1. The molecule has 0 atom stereocenters. The quantitative estimate of drug-likeness (QED) is 0.348. The second-order valence-corrected chi connectivity index (χ2v) is 8.74. The van der Waals surface area contributed by atoms with Gasteiger partial charge >= 0.3 is 0 Å². The Labute approximate surface area is 174 Å². The van der Waals surface area contributed by atoms with E-state index in [9.17, 15) is 15.0 Å². The van der Waals surface area contributed by atoms with Crippen molar-refractivity contribution in [3.05, 3.63) is 52.2 Å². The van der Waals surface area contributed by atoms with Gasteiger partial charge in [-0.15, -0.1) is 11.3 Å². The molecule has 5 nitrogen and oxygen atoms in total. The summed E-state index contributed by atoms with van der Waals surface area (Å²) in [5.41, 5.74) is 5.93. The minimum Gasteiger partial charge on any atom is -0.494 e. The zero-order valence-electron chi connectivity index (χ0n) is 16.8. The van der Waals surface area contributed by atoms with Gasteiger partial charge in [-0.2, -0.15) is 0 Å². The van der Waals surface area contributed by atoms with Gasteiger partial charge in [0.2, 0.25) is 0 Å². The molecule has 0 radical (unpaired) electrons. The maximum atomic E-state index is 13.0. The lowest BCUT2D eigenvalue weighted by atomic mass is 9.93. The predicted octanol–water partition coefficient (Wildman–Crippen LogP) is 3.60. The maximum Gasteiger partial charge on any atom is 0.195 e. The van der Waals surface area contributed by atoms with Gasteiger partial charge in [0.15, 0.2) is 5.43 Å². The highest BCUT2D eigenvalue weighted by molar-refractivity contribution is 7.24. The third-order valence-corrected chi connectivity index (χ3v) is 6.40. The summed E-state index contributed by atoms with van der Waals surface area (Å²) in [4.78, 5) is 13.0. The van der Waals surface area contributed by atoms with Gasteiger partial charge in [-0.05, 0) is 55.2 Å². The first-order valence-corrected chi connectivity index (χ1v) is 10.9. The molecule has 6 heteroatoms. The van der Waals surface area contributed by atoms with Crippen molar-refractivity contribution in [2.24, 2.45) is 5.73 Å². The number of rotatable bonds is 10. The fourth-order valence-corrected chi connectivity index (χ4v) is 4.35. The molecule has 2 aromatic carbocycles. The summed E-state index contributed by atoms with van der Waals surface area (Å²) in [7, 11) is 0. The highest BCUT2D eigenvalue weighted by Crippen LogP contribution is 2.29. The summed E-state index contributed by atoms with van der Waals surface area (Å²) < 4.78 is 7.67. The van der Waals surface area contributed by atoms with Crippen LogP contribution in [0.15, 0.2) is 41.2 Å². The van der Waals surface area contributed by atoms with Gasteiger partial charge in [-0.3, -0.25) is 4.79 Å². The second kappa shape index (κ2) is 9.67. The monoisotopic (exact) mass is 415 g/mol. The minimum absolute atomic E-state index is 0.0106. The highest BCUT2D eigenvalue weighted by atomic mass is 32.1. The van der Waals surface area contributed by atoms with E-state index in [0.29, 0.717) is 30.2 Å². The van der Waals surface area contributed by atoms with Crippen LogP contribution in [-0.2, 0) is 6.42 Å². The van der Waals surface area contributed by atoms with E-state index in [1.54, 1.807) is 11.3 Å². The normalized spacial score (nSPS) is 12.0. The molecule has 0 saturated heterocycles. The zero-order valence-corrected chi connectivity index (χ0v) is 17.6. The zero-order chi connectivity index (χ0) is 20.9. The Bertz CT molecular complexity index is 1030. The Morgan fingerprint density at radius 2 is 1.83 bits per heavy atom. The van der Waals surface area contributed by atoms with Gasteiger partial charge in [0.25, 0.3) is 0 Å². The van der Waals surface area contributed by atoms with Gasteiger partial charge in [0, 0.05) is 20.2 Å². The smallest absolute Gasteiger partial charge is 0.195 e. The Kier molecular flexibility index (Phi) is 7.24. The number of unbranched alkanes of at least 4 members (excludes halogenated alkanes) is 2. The van der Waals surface area contributed by atoms with Crippen LogP contribution < -0.4 is 15.9 Å². The van der Waals surface area contributed by atoms with Crippen LogP contribution in [0.5, 0.6) is 5.75 Å². The van der Waals surface area contributed by atoms with E-state index in [0.717, 1.165) is 40.0 Å². The van der Waals surface area contributed by atoms with Crippen LogP contribution in [-0.4, -0.2) is 35.6 Å². The van der Waals surface area contributed by atoms with Gasteiger partial charge < -0.3 is 20.7 Å². The fourth-order valence-electron chi connectivity index (χ4n) is 3.27. The van der Waals surface area contributed by atoms with Crippen LogP contribution in [0.3, 0.4) is 0 Å². The summed E-state index contributed by atoms with van der Waals surface area (Å²) in [5.74, 6) is 0.799. The first-order valence-electron chi connectivity index (χ1n) is 10.1. The topological polar surface area (TPSA) is 92.8 Å². The number of aliphatic hydroxyl groups is 2. The molecule has 1 heterocycles. The summed E-state index contributed by atoms with van der Waals surface area (Å²) in [6.07, 6.45) is 4.36. The highest BCUT2D eigenvalue weighted by Gasteiger charge is 2.22. The number of aliphatic hydroxyl groups excluding tert-OH is 2. The number of aryl methyl sites for hydroxylation is 1. The van der Waals surface area contributed by atoms with Crippen LogP contribution in [0.25, 0.3) is 20.2 Å². The lowest BCUT2D eigenvalue weighted by Crippen LogP contribution is -2.47. The Balaban J connectivity index is 1.86. The molecule has 1 aromatic heterocycles. The molecular weight excluding hydrogens is 386 g/mol. The molecule has 0 saturated carbocycles. The van der Waals surface area contributed by atoms with Gasteiger partial charge in [0.05, 0.1) is 25.4 Å². The van der Waals surface area contributed by atoms with Gasteiger partial charge in [0.1, 0.15) is 5.75 Å². The van der Waals surface area contributed by atoms with Crippen molar-refractivity contribution in [3.8, 4) is 5.75 Å². The van der Waals surface area contributed by atoms with Crippen molar-refractivity contribution in [1.82, 2.24) is 0 Å². The van der Waals surface area contributed by atoms with E-state index < -0.39 is 5.54 Å². The molecule has 3 rings (SSSR count). The minimum atomic E-state index is -1.01. The Morgan fingerprint density at radius 1 is 1.03 bits per heavy atom. The van der Waals surface area contributed by atoms with Crippen LogP contribution >= 0.6 is 11.3 Å². The third kappa shape index (κ3) is 5.14. The molecular formula is C23H29NO4S. The summed E-state index contributed by atoms with van der Waals surface area (Å²) in [6, 6.07) is 11.5. The van der Waals surface area contributed by atoms with E-state index in [1.165, 1.54) is 0 Å². The van der Waals surface area contributed by atoms with Crippen molar-refractivity contribution in [2.45, 2.75) is 44.6 Å². The van der Waals surface area contributed by atoms with Crippen molar-refractivity contribution in [3.63, 3.8) is 0 Å². The van der Waals surface area contributed by atoms with Crippen molar-refractivity contribution in [1.29, 1.82) is 0 Å². The molecule has 156 valence electrons. The molecule has 0 aliphatic rings. The standard InChI is InChI=1S/C23H29NO4S/c1-2-3-4-11-28-17-6-7-18-21(13-17)29-20-8-5-16(12-19(20)22(18)27)9-10-23(24,14-25)15-26/h5-8,12-13,25-26H,2-4,9-11,14-15,24H2,1H3. The van der Waals surface area contributed by atoms with Crippen LogP contribution in [0, 0.1) is 0 Å². The molecule has 0 fully saturated rings. The molecule has 29 heavy (non-hydrogen) atoms. The molecule has 0 spiro atoms. The molecule has 0 aliphatic heterocycles. The van der Waals surface area contributed by atoms with Gasteiger partial charge in [-0.25, -0.2) is 0 Å². The SMILES string of the molecule is CCCCCOc1ccc2c(=O)c3cc(CCC(N)(CO)CO)ccc3sc2c1. The van der Waals surface area contributed by atoms with Crippen molar-refractivity contribution >= 4 is 31.5 Å². The van der Waals surface area contributed by atoms with E-state index in [4.69, 9.17) is 10.5 Å². The Morgan fingerprint density at radius 3 is 2.55 bits per heavy atom.